The number of hydrogen-bond donors (Lipinski definition) is 0. The number of piperidine rings is 1. The average Bonchev–Trinajstić information content (AvgIpc) is 2.40. The zero-order valence-electron chi connectivity index (χ0n) is 10.7. The van der Waals surface area contributed by atoms with Gasteiger partial charge < -0.3 is 9.64 Å². The molecule has 1 aromatic heterocycles. The molecule has 1 fully saturated rings. The molecule has 1 aliphatic rings. The molecular weight excluding hydrogens is 214 g/mol. The van der Waals surface area contributed by atoms with Crippen LogP contribution in [0.1, 0.15) is 25.3 Å². The Hall–Kier alpha value is -1.16. The molecule has 0 aliphatic carbocycles. The van der Waals surface area contributed by atoms with Crippen molar-refractivity contribution in [2.75, 3.05) is 31.7 Å². The Labute approximate surface area is 103 Å². The van der Waals surface area contributed by atoms with E-state index in [-0.39, 0.29) is 0 Å². The first kappa shape index (κ1) is 12.3. The van der Waals surface area contributed by atoms with Gasteiger partial charge in [0.15, 0.2) is 0 Å². The van der Waals surface area contributed by atoms with E-state index in [1.54, 1.807) is 7.11 Å². The normalized spacial score (nSPS) is 17.4. The molecule has 2 heterocycles. The van der Waals surface area contributed by atoms with Crippen LogP contribution < -0.4 is 4.90 Å². The smallest absolute Gasteiger partial charge is 0.225 e. The molecule has 2 rings (SSSR count). The maximum atomic E-state index is 5.20. The maximum Gasteiger partial charge on any atom is 0.225 e. The second-order valence-electron chi connectivity index (χ2n) is 4.63. The van der Waals surface area contributed by atoms with Crippen molar-refractivity contribution >= 4 is 5.95 Å². The minimum atomic E-state index is 0.700. The highest BCUT2D eigenvalue weighted by molar-refractivity contribution is 5.30. The summed E-state index contributed by atoms with van der Waals surface area (Å²) in [5, 5.41) is 0. The third-order valence-corrected chi connectivity index (χ3v) is 3.40. The van der Waals surface area contributed by atoms with Gasteiger partial charge in [-0.2, -0.15) is 0 Å². The van der Waals surface area contributed by atoms with Crippen LogP contribution in [0.2, 0.25) is 0 Å². The van der Waals surface area contributed by atoms with E-state index in [2.05, 4.69) is 21.8 Å². The molecule has 1 aromatic rings. The number of hydrogen-bond acceptors (Lipinski definition) is 4. The number of anilines is 1. The Morgan fingerprint density at radius 1 is 1.29 bits per heavy atom. The summed E-state index contributed by atoms with van der Waals surface area (Å²) >= 11 is 0. The second kappa shape index (κ2) is 5.96. The fourth-order valence-corrected chi connectivity index (χ4v) is 2.23. The molecule has 0 unspecified atom stereocenters. The van der Waals surface area contributed by atoms with Crippen molar-refractivity contribution in [3.63, 3.8) is 0 Å². The molecule has 0 atom stereocenters. The molecular formula is C13H21N3O. The standard InChI is InChI=1S/C13H21N3O/c1-3-11-8-14-13(15-9-11)16-6-4-12(5-7-16)10-17-2/h8-9,12H,3-7,10H2,1-2H3. The summed E-state index contributed by atoms with van der Waals surface area (Å²) in [6, 6.07) is 0. The van der Waals surface area contributed by atoms with Crippen molar-refractivity contribution in [2.24, 2.45) is 5.92 Å². The van der Waals surface area contributed by atoms with Crippen LogP contribution in [0.4, 0.5) is 5.95 Å². The van der Waals surface area contributed by atoms with Gasteiger partial charge in [0.2, 0.25) is 5.95 Å². The number of aryl methyl sites for hydroxylation is 1. The minimum Gasteiger partial charge on any atom is -0.384 e. The summed E-state index contributed by atoms with van der Waals surface area (Å²) in [7, 11) is 1.78. The Morgan fingerprint density at radius 2 is 1.94 bits per heavy atom. The summed E-state index contributed by atoms with van der Waals surface area (Å²) in [6.45, 7) is 5.08. The van der Waals surface area contributed by atoms with Gasteiger partial charge in [-0.15, -0.1) is 0 Å². The quantitative estimate of drug-likeness (QED) is 0.799. The van der Waals surface area contributed by atoms with Gasteiger partial charge >= 0.3 is 0 Å². The van der Waals surface area contributed by atoms with Crippen molar-refractivity contribution in [3.05, 3.63) is 18.0 Å². The molecule has 4 heteroatoms. The Balaban J connectivity index is 1.91. The molecule has 0 aromatic carbocycles. The van der Waals surface area contributed by atoms with E-state index in [1.165, 1.54) is 18.4 Å². The molecule has 94 valence electrons. The molecule has 0 amide bonds. The van der Waals surface area contributed by atoms with Crippen LogP contribution in [0.3, 0.4) is 0 Å². The summed E-state index contributed by atoms with van der Waals surface area (Å²) in [6.07, 6.45) is 7.21. The highest BCUT2D eigenvalue weighted by Gasteiger charge is 2.20. The third kappa shape index (κ3) is 3.16. The first-order valence-corrected chi connectivity index (χ1v) is 6.38. The molecule has 0 saturated carbocycles. The average molecular weight is 235 g/mol. The van der Waals surface area contributed by atoms with E-state index < -0.39 is 0 Å². The summed E-state index contributed by atoms with van der Waals surface area (Å²) < 4.78 is 5.20. The topological polar surface area (TPSA) is 38.2 Å². The van der Waals surface area contributed by atoms with Gasteiger partial charge in [-0.05, 0) is 30.7 Å². The fraction of sp³-hybridized carbons (Fsp3) is 0.692. The SMILES string of the molecule is CCc1cnc(N2CCC(COC)CC2)nc1. The van der Waals surface area contributed by atoms with Crippen molar-refractivity contribution in [1.29, 1.82) is 0 Å². The molecule has 1 aliphatic heterocycles. The van der Waals surface area contributed by atoms with Gasteiger partial charge in [0.25, 0.3) is 0 Å². The fourth-order valence-electron chi connectivity index (χ4n) is 2.23. The molecule has 0 radical (unpaired) electrons. The van der Waals surface area contributed by atoms with E-state index in [0.29, 0.717) is 5.92 Å². The number of rotatable bonds is 4. The first-order chi connectivity index (χ1) is 8.33. The van der Waals surface area contributed by atoms with Gasteiger partial charge in [0, 0.05) is 39.2 Å². The molecule has 4 nitrogen and oxygen atoms in total. The molecule has 0 N–H and O–H groups in total. The van der Waals surface area contributed by atoms with Gasteiger partial charge in [0.05, 0.1) is 0 Å². The zero-order valence-corrected chi connectivity index (χ0v) is 10.7. The third-order valence-electron chi connectivity index (χ3n) is 3.40. The largest absolute Gasteiger partial charge is 0.384 e. The van der Waals surface area contributed by atoms with Crippen LogP contribution in [0.25, 0.3) is 0 Å². The monoisotopic (exact) mass is 235 g/mol. The summed E-state index contributed by atoms with van der Waals surface area (Å²) in [5.74, 6) is 1.57. The van der Waals surface area contributed by atoms with Crippen molar-refractivity contribution in [2.45, 2.75) is 26.2 Å². The van der Waals surface area contributed by atoms with Gasteiger partial charge in [0.1, 0.15) is 0 Å². The highest BCUT2D eigenvalue weighted by Crippen LogP contribution is 2.20. The zero-order chi connectivity index (χ0) is 12.1. The van der Waals surface area contributed by atoms with Crippen molar-refractivity contribution in [1.82, 2.24) is 9.97 Å². The van der Waals surface area contributed by atoms with Crippen LogP contribution in [-0.2, 0) is 11.2 Å². The van der Waals surface area contributed by atoms with Crippen LogP contribution in [0, 0.1) is 5.92 Å². The Morgan fingerprint density at radius 3 is 2.47 bits per heavy atom. The van der Waals surface area contributed by atoms with E-state index in [1.807, 2.05) is 12.4 Å². The maximum absolute atomic E-state index is 5.20. The predicted octanol–water partition coefficient (Wildman–Crippen LogP) is 1.90. The van der Waals surface area contributed by atoms with Crippen LogP contribution >= 0.6 is 0 Å². The van der Waals surface area contributed by atoms with E-state index in [9.17, 15) is 0 Å². The van der Waals surface area contributed by atoms with E-state index in [0.717, 1.165) is 32.1 Å². The number of nitrogens with zero attached hydrogens (tertiary/aromatic N) is 3. The van der Waals surface area contributed by atoms with Crippen LogP contribution in [0.5, 0.6) is 0 Å². The molecule has 0 spiro atoms. The van der Waals surface area contributed by atoms with Crippen molar-refractivity contribution in [3.8, 4) is 0 Å². The second-order valence-corrected chi connectivity index (χ2v) is 4.63. The van der Waals surface area contributed by atoms with Gasteiger partial charge in [-0.3, -0.25) is 0 Å². The van der Waals surface area contributed by atoms with E-state index in [4.69, 9.17) is 4.74 Å². The summed E-state index contributed by atoms with van der Waals surface area (Å²) in [4.78, 5) is 11.1. The highest BCUT2D eigenvalue weighted by atomic mass is 16.5. The molecule has 1 saturated heterocycles. The molecule has 0 bridgehead atoms. The van der Waals surface area contributed by atoms with Crippen LogP contribution in [-0.4, -0.2) is 36.8 Å². The van der Waals surface area contributed by atoms with Gasteiger partial charge in [-0.1, -0.05) is 6.92 Å². The van der Waals surface area contributed by atoms with E-state index >= 15 is 0 Å². The van der Waals surface area contributed by atoms with Gasteiger partial charge in [-0.25, -0.2) is 9.97 Å². The number of aromatic nitrogens is 2. The first-order valence-electron chi connectivity index (χ1n) is 6.38. The molecule has 17 heavy (non-hydrogen) atoms. The van der Waals surface area contributed by atoms with Crippen molar-refractivity contribution < 1.29 is 4.74 Å². The minimum absolute atomic E-state index is 0.700. The van der Waals surface area contributed by atoms with Crippen LogP contribution in [0.15, 0.2) is 12.4 Å². The predicted molar refractivity (Wildman–Crippen MR) is 68.2 cm³/mol. The lowest BCUT2D eigenvalue weighted by Crippen LogP contribution is -2.36. The Kier molecular flexibility index (Phi) is 4.31. The summed E-state index contributed by atoms with van der Waals surface area (Å²) in [5.41, 5.74) is 1.20. The lowest BCUT2D eigenvalue weighted by Gasteiger charge is -2.31. The number of ether oxygens (including phenoxy) is 1. The number of methoxy groups -OCH3 is 1. The lowest BCUT2D eigenvalue weighted by molar-refractivity contribution is 0.139. The Bertz CT molecular complexity index is 331. The lowest BCUT2D eigenvalue weighted by atomic mass is 9.98.